The number of amides is 2. The average molecular weight is 422 g/mol. The lowest BCUT2D eigenvalue weighted by atomic mass is 9.90. The quantitative estimate of drug-likeness (QED) is 0.807. The summed E-state index contributed by atoms with van der Waals surface area (Å²) in [6, 6.07) is 5.82. The molecule has 1 saturated carbocycles. The van der Waals surface area contributed by atoms with Crippen LogP contribution in [0.1, 0.15) is 50.2 Å². The number of aryl methyl sites for hydroxylation is 2. The summed E-state index contributed by atoms with van der Waals surface area (Å²) in [6.07, 6.45) is 6.20. The fourth-order valence-corrected chi connectivity index (χ4v) is 5.15. The molecule has 1 aromatic rings. The maximum Gasteiger partial charge on any atom is 0.247 e. The Morgan fingerprint density at radius 2 is 1.83 bits per heavy atom. The molecule has 1 aromatic carbocycles. The van der Waals surface area contributed by atoms with Gasteiger partial charge in [0.05, 0.1) is 12.8 Å². The highest BCUT2D eigenvalue weighted by Gasteiger charge is 2.51. The second-order valence-corrected chi connectivity index (χ2v) is 10.6. The predicted molar refractivity (Wildman–Crippen MR) is 113 cm³/mol. The number of sulfonamides is 1. The van der Waals surface area contributed by atoms with Crippen LogP contribution in [0.5, 0.6) is 0 Å². The fourth-order valence-electron chi connectivity index (χ4n) is 4.32. The number of hydrogen-bond acceptors (Lipinski definition) is 4. The SMILES string of the molecule is Cc1ccc(C)c(N2C(=O)CN(S(C)(=O)=O)C[C@@]2(C)C(=O)NC2CCCCC2)c1. The normalized spacial score (nSPS) is 24.6. The van der Waals surface area contributed by atoms with Gasteiger partial charge in [-0.05, 0) is 50.8 Å². The number of benzene rings is 1. The molecule has 1 heterocycles. The van der Waals surface area contributed by atoms with Gasteiger partial charge in [0.25, 0.3) is 0 Å². The minimum absolute atomic E-state index is 0.0660. The molecule has 0 bridgehead atoms. The highest BCUT2D eigenvalue weighted by Crippen LogP contribution is 2.33. The summed E-state index contributed by atoms with van der Waals surface area (Å²) < 4.78 is 25.5. The highest BCUT2D eigenvalue weighted by atomic mass is 32.2. The number of anilines is 1. The van der Waals surface area contributed by atoms with E-state index in [9.17, 15) is 18.0 Å². The van der Waals surface area contributed by atoms with Crippen LogP contribution in [0.25, 0.3) is 0 Å². The molecule has 1 saturated heterocycles. The molecule has 2 amide bonds. The molecule has 0 spiro atoms. The number of piperazine rings is 1. The van der Waals surface area contributed by atoms with Gasteiger partial charge in [0.15, 0.2) is 0 Å². The molecule has 0 aromatic heterocycles. The number of nitrogens with zero attached hydrogens (tertiary/aromatic N) is 2. The molecule has 1 atom stereocenters. The maximum absolute atomic E-state index is 13.5. The summed E-state index contributed by atoms with van der Waals surface area (Å²) in [5, 5.41) is 3.10. The van der Waals surface area contributed by atoms with Crippen molar-refractivity contribution in [2.45, 2.75) is 64.5 Å². The Kier molecular flexibility index (Phi) is 6.06. The second-order valence-electron chi connectivity index (χ2n) is 8.63. The van der Waals surface area contributed by atoms with Gasteiger partial charge in [-0.1, -0.05) is 31.4 Å². The van der Waals surface area contributed by atoms with E-state index in [1.807, 2.05) is 32.0 Å². The standard InChI is InChI=1S/C21H31N3O4S/c1-15-10-11-16(2)18(12-15)24-19(25)13-23(29(4,27)28)14-21(24,3)20(26)22-17-8-6-5-7-9-17/h10-12,17H,5-9,13-14H2,1-4H3,(H,22,26)/t21-/m0/s1. The Hall–Kier alpha value is -1.93. The first kappa shape index (κ1) is 21.8. The number of nitrogens with one attached hydrogen (secondary N) is 1. The fraction of sp³-hybridized carbons (Fsp3) is 0.619. The van der Waals surface area contributed by atoms with Gasteiger partial charge in [-0.25, -0.2) is 8.42 Å². The van der Waals surface area contributed by atoms with Crippen molar-refractivity contribution in [3.8, 4) is 0 Å². The van der Waals surface area contributed by atoms with Gasteiger partial charge in [-0.2, -0.15) is 4.31 Å². The zero-order valence-corrected chi connectivity index (χ0v) is 18.5. The number of rotatable bonds is 4. The zero-order valence-electron chi connectivity index (χ0n) is 17.7. The van der Waals surface area contributed by atoms with Crippen LogP contribution >= 0.6 is 0 Å². The van der Waals surface area contributed by atoms with Crippen molar-refractivity contribution < 1.29 is 18.0 Å². The summed E-state index contributed by atoms with van der Waals surface area (Å²) in [5.74, 6) is -0.691. The molecule has 1 aliphatic carbocycles. The zero-order chi connectivity index (χ0) is 21.4. The monoisotopic (exact) mass is 421 g/mol. The van der Waals surface area contributed by atoms with Crippen LogP contribution in [0.2, 0.25) is 0 Å². The lowest BCUT2D eigenvalue weighted by molar-refractivity contribution is -0.133. The topological polar surface area (TPSA) is 86.8 Å². The smallest absolute Gasteiger partial charge is 0.247 e. The van der Waals surface area contributed by atoms with Crippen LogP contribution in [0, 0.1) is 13.8 Å². The van der Waals surface area contributed by atoms with Crippen molar-refractivity contribution in [3.05, 3.63) is 29.3 Å². The number of hydrogen-bond donors (Lipinski definition) is 1. The van der Waals surface area contributed by atoms with E-state index in [1.165, 1.54) is 11.3 Å². The van der Waals surface area contributed by atoms with Crippen LogP contribution in [0.4, 0.5) is 5.69 Å². The van der Waals surface area contributed by atoms with E-state index < -0.39 is 21.5 Å². The van der Waals surface area contributed by atoms with Gasteiger partial charge >= 0.3 is 0 Å². The summed E-state index contributed by atoms with van der Waals surface area (Å²) in [4.78, 5) is 28.1. The molecule has 1 N–H and O–H groups in total. The van der Waals surface area contributed by atoms with Crippen LogP contribution in [0.15, 0.2) is 18.2 Å². The summed E-state index contributed by atoms with van der Waals surface area (Å²) in [7, 11) is -3.61. The molecule has 1 aliphatic heterocycles. The van der Waals surface area contributed by atoms with Crippen LogP contribution in [-0.2, 0) is 19.6 Å². The molecule has 0 radical (unpaired) electrons. The molecule has 8 heteroatoms. The Balaban J connectivity index is 2.02. The predicted octanol–water partition coefficient (Wildman–Crippen LogP) is 2.12. The van der Waals surface area contributed by atoms with E-state index in [0.29, 0.717) is 5.69 Å². The van der Waals surface area contributed by atoms with Crippen molar-refractivity contribution >= 4 is 27.5 Å². The Labute approximate surface area is 173 Å². The molecular formula is C21H31N3O4S. The molecule has 2 fully saturated rings. The summed E-state index contributed by atoms with van der Waals surface area (Å²) in [5.41, 5.74) is 1.17. The van der Waals surface area contributed by atoms with Crippen molar-refractivity contribution in [2.75, 3.05) is 24.2 Å². The molecule has 29 heavy (non-hydrogen) atoms. The van der Waals surface area contributed by atoms with Crippen LogP contribution in [0.3, 0.4) is 0 Å². The first-order valence-electron chi connectivity index (χ1n) is 10.2. The van der Waals surface area contributed by atoms with Crippen molar-refractivity contribution in [2.24, 2.45) is 0 Å². The van der Waals surface area contributed by atoms with E-state index in [0.717, 1.165) is 47.4 Å². The van der Waals surface area contributed by atoms with Gasteiger partial charge in [0, 0.05) is 18.3 Å². The van der Waals surface area contributed by atoms with Crippen LogP contribution in [-0.4, -0.2) is 55.5 Å². The Morgan fingerprint density at radius 3 is 2.45 bits per heavy atom. The first-order chi connectivity index (χ1) is 13.5. The molecule has 0 unspecified atom stereocenters. The van der Waals surface area contributed by atoms with Crippen molar-refractivity contribution in [1.82, 2.24) is 9.62 Å². The lowest BCUT2D eigenvalue weighted by Gasteiger charge is -2.47. The van der Waals surface area contributed by atoms with Crippen molar-refractivity contribution in [1.29, 1.82) is 0 Å². The third-order valence-electron chi connectivity index (χ3n) is 6.04. The minimum atomic E-state index is -3.61. The molecule has 2 aliphatic rings. The third kappa shape index (κ3) is 4.48. The van der Waals surface area contributed by atoms with Gasteiger partial charge in [0.1, 0.15) is 5.54 Å². The highest BCUT2D eigenvalue weighted by molar-refractivity contribution is 7.88. The van der Waals surface area contributed by atoms with E-state index in [2.05, 4.69) is 5.32 Å². The van der Waals surface area contributed by atoms with E-state index in [-0.39, 0.29) is 25.0 Å². The average Bonchev–Trinajstić information content (AvgIpc) is 2.64. The molecular weight excluding hydrogens is 390 g/mol. The van der Waals surface area contributed by atoms with Gasteiger partial charge < -0.3 is 5.32 Å². The largest absolute Gasteiger partial charge is 0.351 e. The number of carbonyl (C=O) groups excluding carboxylic acids is 2. The van der Waals surface area contributed by atoms with E-state index in [1.54, 1.807) is 6.92 Å². The molecule has 3 rings (SSSR count). The minimum Gasteiger partial charge on any atom is -0.351 e. The Bertz CT molecular complexity index is 909. The van der Waals surface area contributed by atoms with Crippen LogP contribution < -0.4 is 10.2 Å². The molecule has 160 valence electrons. The summed E-state index contributed by atoms with van der Waals surface area (Å²) >= 11 is 0. The molecule has 7 nitrogen and oxygen atoms in total. The first-order valence-corrected chi connectivity index (χ1v) is 12.0. The Morgan fingerprint density at radius 1 is 1.17 bits per heavy atom. The third-order valence-corrected chi connectivity index (χ3v) is 7.24. The summed E-state index contributed by atoms with van der Waals surface area (Å²) in [6.45, 7) is 5.16. The lowest BCUT2D eigenvalue weighted by Crippen LogP contribution is -2.70. The van der Waals surface area contributed by atoms with Gasteiger partial charge in [-0.15, -0.1) is 0 Å². The van der Waals surface area contributed by atoms with E-state index >= 15 is 0 Å². The number of carbonyl (C=O) groups is 2. The maximum atomic E-state index is 13.5. The van der Waals surface area contributed by atoms with Gasteiger partial charge in [-0.3, -0.25) is 14.5 Å². The van der Waals surface area contributed by atoms with Gasteiger partial charge in [0.2, 0.25) is 21.8 Å². The van der Waals surface area contributed by atoms with Crippen molar-refractivity contribution in [3.63, 3.8) is 0 Å². The van der Waals surface area contributed by atoms with E-state index in [4.69, 9.17) is 0 Å². The second kappa shape index (κ2) is 8.07.